The van der Waals surface area contributed by atoms with Crippen LogP contribution in [0.2, 0.25) is 0 Å². The summed E-state index contributed by atoms with van der Waals surface area (Å²) < 4.78 is 4.91. The minimum Gasteiger partial charge on any atom is -0.497 e. The van der Waals surface area contributed by atoms with E-state index >= 15 is 0 Å². The molecule has 4 rings (SSSR count). The number of carbonyl (C=O) groups is 1. The van der Waals surface area contributed by atoms with Crippen LogP contribution in [0.15, 0.2) is 66.7 Å². The zero-order chi connectivity index (χ0) is 23.6. The number of pyridine rings is 1. The summed E-state index contributed by atoms with van der Waals surface area (Å²) in [6, 6.07) is 21.3. The Kier molecular flexibility index (Phi) is 8.49. The number of hydrogen-bond acceptors (Lipinski definition) is 6. The average molecular weight is 450 g/mol. The van der Waals surface area contributed by atoms with Crippen LogP contribution in [0.25, 0.3) is 11.3 Å². The van der Waals surface area contributed by atoms with Crippen molar-refractivity contribution < 1.29 is 14.6 Å². The lowest BCUT2D eigenvalue weighted by Gasteiger charge is -2.33. The molecular formula is C25H31N5O3. The second-order valence-corrected chi connectivity index (χ2v) is 7.78. The first kappa shape index (κ1) is 23.9. The molecule has 0 aliphatic carbocycles. The SMILES string of the molecule is COc1ccc(N)cc1.Nc1cccc(-c2ccc(CCN3CCN(C(=O)O)CC3)cc2)n1. The molecule has 1 aromatic heterocycles. The minimum absolute atomic E-state index is 0.525. The second-order valence-electron chi connectivity index (χ2n) is 7.78. The third-order valence-electron chi connectivity index (χ3n) is 5.50. The van der Waals surface area contributed by atoms with Gasteiger partial charge in [-0.25, -0.2) is 9.78 Å². The third kappa shape index (κ3) is 7.40. The number of anilines is 2. The van der Waals surface area contributed by atoms with Crippen molar-refractivity contribution in [1.82, 2.24) is 14.8 Å². The number of methoxy groups -OCH3 is 1. The Morgan fingerprint density at radius 3 is 2.21 bits per heavy atom. The number of piperazine rings is 1. The number of nitrogens with two attached hydrogens (primary N) is 2. The molecule has 0 atom stereocenters. The van der Waals surface area contributed by atoms with Gasteiger partial charge in [-0.2, -0.15) is 0 Å². The van der Waals surface area contributed by atoms with Gasteiger partial charge in [-0.1, -0.05) is 30.3 Å². The monoisotopic (exact) mass is 449 g/mol. The van der Waals surface area contributed by atoms with E-state index in [2.05, 4.69) is 34.1 Å². The molecule has 8 heteroatoms. The molecule has 0 bridgehead atoms. The second kappa shape index (κ2) is 11.7. The number of carboxylic acid groups (broad SMARTS) is 1. The summed E-state index contributed by atoms with van der Waals surface area (Å²) in [6.45, 7) is 3.74. The molecule has 2 heterocycles. The highest BCUT2D eigenvalue weighted by Crippen LogP contribution is 2.19. The van der Waals surface area contributed by atoms with Crippen molar-refractivity contribution in [2.45, 2.75) is 6.42 Å². The van der Waals surface area contributed by atoms with Gasteiger partial charge in [0.15, 0.2) is 0 Å². The molecule has 1 aliphatic rings. The maximum atomic E-state index is 10.9. The highest BCUT2D eigenvalue weighted by Gasteiger charge is 2.19. The van der Waals surface area contributed by atoms with Gasteiger partial charge in [-0.15, -0.1) is 0 Å². The molecule has 1 aliphatic heterocycles. The first-order valence-corrected chi connectivity index (χ1v) is 10.9. The summed E-state index contributed by atoms with van der Waals surface area (Å²) in [6.07, 6.45) is 0.137. The lowest BCUT2D eigenvalue weighted by Crippen LogP contribution is -2.48. The van der Waals surface area contributed by atoms with Gasteiger partial charge in [0.1, 0.15) is 11.6 Å². The summed E-state index contributed by atoms with van der Waals surface area (Å²) in [5.74, 6) is 1.36. The fourth-order valence-corrected chi connectivity index (χ4v) is 3.51. The molecule has 8 nitrogen and oxygen atoms in total. The molecule has 1 fully saturated rings. The van der Waals surface area contributed by atoms with Crippen LogP contribution in [0.4, 0.5) is 16.3 Å². The highest BCUT2D eigenvalue weighted by molar-refractivity contribution is 5.65. The van der Waals surface area contributed by atoms with Crippen LogP contribution in [0, 0.1) is 0 Å². The fourth-order valence-electron chi connectivity index (χ4n) is 3.51. The summed E-state index contributed by atoms with van der Waals surface area (Å²) in [5, 5.41) is 8.96. The molecule has 0 saturated carbocycles. The van der Waals surface area contributed by atoms with E-state index in [4.69, 9.17) is 21.3 Å². The smallest absolute Gasteiger partial charge is 0.407 e. The van der Waals surface area contributed by atoms with Gasteiger partial charge in [0.25, 0.3) is 0 Å². The predicted molar refractivity (Wildman–Crippen MR) is 131 cm³/mol. The zero-order valence-corrected chi connectivity index (χ0v) is 18.9. The van der Waals surface area contributed by atoms with E-state index in [-0.39, 0.29) is 0 Å². The standard InChI is InChI=1S/C18H22N4O2.C7H9NO/c19-17-3-1-2-16(20-17)15-6-4-14(5-7-15)8-9-21-10-12-22(13-11-21)18(23)24;1-9-7-4-2-6(8)3-5-7/h1-7H,8-13H2,(H2,19,20)(H,23,24);2-5H,8H2,1H3. The summed E-state index contributed by atoms with van der Waals surface area (Å²) in [4.78, 5) is 19.0. The normalized spacial score (nSPS) is 13.7. The quantitative estimate of drug-likeness (QED) is 0.511. The van der Waals surface area contributed by atoms with Gasteiger partial charge in [0.05, 0.1) is 12.8 Å². The third-order valence-corrected chi connectivity index (χ3v) is 5.50. The lowest BCUT2D eigenvalue weighted by atomic mass is 10.1. The van der Waals surface area contributed by atoms with Crippen molar-refractivity contribution in [2.24, 2.45) is 0 Å². The average Bonchev–Trinajstić information content (AvgIpc) is 2.84. The van der Waals surface area contributed by atoms with Gasteiger partial charge < -0.3 is 26.2 Å². The largest absolute Gasteiger partial charge is 0.497 e. The van der Waals surface area contributed by atoms with Crippen LogP contribution in [-0.2, 0) is 6.42 Å². The van der Waals surface area contributed by atoms with Gasteiger partial charge in [0.2, 0.25) is 0 Å². The van der Waals surface area contributed by atoms with Crippen molar-refractivity contribution >= 4 is 17.6 Å². The molecule has 3 aromatic rings. The number of aromatic nitrogens is 1. The zero-order valence-electron chi connectivity index (χ0n) is 18.9. The van der Waals surface area contributed by atoms with Crippen molar-refractivity contribution in [3.63, 3.8) is 0 Å². The fraction of sp³-hybridized carbons (Fsp3) is 0.280. The topological polar surface area (TPSA) is 118 Å². The van der Waals surface area contributed by atoms with Crippen LogP contribution in [0.3, 0.4) is 0 Å². The number of nitrogens with zero attached hydrogens (tertiary/aromatic N) is 3. The Labute approximate surface area is 194 Å². The van der Waals surface area contributed by atoms with E-state index in [9.17, 15) is 4.79 Å². The van der Waals surface area contributed by atoms with Gasteiger partial charge in [-0.05, 0) is 48.4 Å². The molecule has 0 unspecified atom stereocenters. The van der Waals surface area contributed by atoms with E-state index in [0.717, 1.165) is 48.7 Å². The number of rotatable bonds is 5. The molecule has 0 radical (unpaired) electrons. The number of benzene rings is 2. The van der Waals surface area contributed by atoms with E-state index in [1.807, 2.05) is 24.3 Å². The Bertz CT molecular complexity index is 1020. The van der Waals surface area contributed by atoms with E-state index < -0.39 is 6.09 Å². The van der Waals surface area contributed by atoms with Gasteiger partial charge >= 0.3 is 6.09 Å². The molecule has 5 N–H and O–H groups in total. The van der Waals surface area contributed by atoms with Crippen molar-refractivity contribution in [3.8, 4) is 17.0 Å². The minimum atomic E-state index is -0.819. The van der Waals surface area contributed by atoms with Crippen LogP contribution in [0.1, 0.15) is 5.56 Å². The van der Waals surface area contributed by atoms with Crippen molar-refractivity contribution in [2.75, 3.05) is 51.3 Å². The lowest BCUT2D eigenvalue weighted by molar-refractivity contribution is 0.106. The predicted octanol–water partition coefficient (Wildman–Crippen LogP) is 3.45. The molecule has 2 aromatic carbocycles. The molecular weight excluding hydrogens is 418 g/mol. The van der Waals surface area contributed by atoms with Crippen molar-refractivity contribution in [1.29, 1.82) is 0 Å². The maximum Gasteiger partial charge on any atom is 0.407 e. The molecule has 1 amide bonds. The summed E-state index contributed by atoms with van der Waals surface area (Å²) >= 11 is 0. The number of hydrogen-bond donors (Lipinski definition) is 3. The molecule has 33 heavy (non-hydrogen) atoms. The van der Waals surface area contributed by atoms with Gasteiger partial charge in [-0.3, -0.25) is 4.90 Å². The first-order chi connectivity index (χ1) is 15.9. The highest BCUT2D eigenvalue weighted by atomic mass is 16.5. The van der Waals surface area contributed by atoms with E-state index in [1.54, 1.807) is 25.3 Å². The van der Waals surface area contributed by atoms with E-state index in [0.29, 0.717) is 18.9 Å². The van der Waals surface area contributed by atoms with Gasteiger partial charge in [0, 0.05) is 44.0 Å². The molecule has 0 spiro atoms. The summed E-state index contributed by atoms with van der Waals surface area (Å²) in [7, 11) is 1.63. The number of nitrogen functional groups attached to an aromatic ring is 2. The van der Waals surface area contributed by atoms with Crippen LogP contribution in [-0.4, -0.2) is 65.8 Å². The Morgan fingerprint density at radius 2 is 1.64 bits per heavy atom. The van der Waals surface area contributed by atoms with Crippen LogP contribution >= 0.6 is 0 Å². The Hall–Kier alpha value is -3.78. The number of ether oxygens (including phenoxy) is 1. The molecule has 1 saturated heterocycles. The Morgan fingerprint density at radius 1 is 0.970 bits per heavy atom. The van der Waals surface area contributed by atoms with E-state index in [1.165, 1.54) is 10.5 Å². The van der Waals surface area contributed by atoms with Crippen LogP contribution in [0.5, 0.6) is 5.75 Å². The number of amides is 1. The maximum absolute atomic E-state index is 10.9. The Balaban J connectivity index is 0.000000286. The van der Waals surface area contributed by atoms with Crippen molar-refractivity contribution in [3.05, 3.63) is 72.3 Å². The molecule has 174 valence electrons. The first-order valence-electron chi connectivity index (χ1n) is 10.9. The van der Waals surface area contributed by atoms with Crippen LogP contribution < -0.4 is 16.2 Å². The summed E-state index contributed by atoms with van der Waals surface area (Å²) in [5.41, 5.74) is 15.1.